The van der Waals surface area contributed by atoms with Gasteiger partial charge in [-0.1, -0.05) is 25.7 Å². The molecule has 0 unspecified atom stereocenters. The predicted octanol–water partition coefficient (Wildman–Crippen LogP) is 3.25. The Labute approximate surface area is 187 Å². The first kappa shape index (κ1) is 23.7. The molecular formula is C21H39IN4O2. The summed E-state index contributed by atoms with van der Waals surface area (Å²) in [5.41, 5.74) is 0. The third-order valence-electron chi connectivity index (χ3n) is 6.34. The molecule has 2 saturated carbocycles. The summed E-state index contributed by atoms with van der Waals surface area (Å²) in [7, 11) is 3.57. The maximum absolute atomic E-state index is 12.0. The SMILES string of the molecule is CN(C)C(=O)CN=C(NC1CCCC1)N1CCC(OCC2CCCC2)CC1.I. The van der Waals surface area contributed by atoms with E-state index in [9.17, 15) is 4.79 Å². The molecule has 0 aromatic heterocycles. The van der Waals surface area contributed by atoms with E-state index >= 15 is 0 Å². The molecule has 0 atom stereocenters. The Hall–Kier alpha value is -0.570. The number of rotatable bonds is 6. The van der Waals surface area contributed by atoms with E-state index in [-0.39, 0.29) is 36.4 Å². The minimum absolute atomic E-state index is 0. The van der Waals surface area contributed by atoms with Crippen LogP contribution >= 0.6 is 24.0 Å². The first-order valence-electron chi connectivity index (χ1n) is 11.0. The van der Waals surface area contributed by atoms with Crippen LogP contribution in [0, 0.1) is 5.92 Å². The van der Waals surface area contributed by atoms with Crippen molar-refractivity contribution in [2.45, 2.75) is 76.4 Å². The minimum atomic E-state index is 0. The quantitative estimate of drug-likeness (QED) is 0.342. The van der Waals surface area contributed by atoms with Crippen molar-refractivity contribution in [3.05, 3.63) is 0 Å². The number of carbonyl (C=O) groups excluding carboxylic acids is 1. The molecule has 3 rings (SSSR count). The lowest BCUT2D eigenvalue weighted by Crippen LogP contribution is -2.50. The first-order valence-corrected chi connectivity index (χ1v) is 11.0. The average molecular weight is 506 g/mol. The summed E-state index contributed by atoms with van der Waals surface area (Å²) in [5, 5.41) is 3.64. The third kappa shape index (κ3) is 7.35. The largest absolute Gasteiger partial charge is 0.378 e. The van der Waals surface area contributed by atoms with E-state index in [0.29, 0.717) is 12.1 Å². The van der Waals surface area contributed by atoms with Crippen molar-refractivity contribution in [3.63, 3.8) is 0 Å². The van der Waals surface area contributed by atoms with E-state index < -0.39 is 0 Å². The van der Waals surface area contributed by atoms with Crippen LogP contribution in [0.25, 0.3) is 0 Å². The molecule has 3 aliphatic rings. The molecule has 0 aromatic carbocycles. The summed E-state index contributed by atoms with van der Waals surface area (Å²) in [6.07, 6.45) is 13.0. The normalized spacial score (nSPS) is 22.4. The monoisotopic (exact) mass is 506 g/mol. The number of nitrogens with zero attached hydrogens (tertiary/aromatic N) is 3. The van der Waals surface area contributed by atoms with Crippen LogP contribution in [0.5, 0.6) is 0 Å². The molecule has 0 bridgehead atoms. The van der Waals surface area contributed by atoms with Gasteiger partial charge in [0.1, 0.15) is 6.54 Å². The fourth-order valence-corrected chi connectivity index (χ4v) is 4.46. The van der Waals surface area contributed by atoms with Crippen molar-refractivity contribution in [3.8, 4) is 0 Å². The highest BCUT2D eigenvalue weighted by atomic mass is 127. The van der Waals surface area contributed by atoms with Crippen molar-refractivity contribution in [1.82, 2.24) is 15.1 Å². The number of likely N-dealkylation sites (N-methyl/N-ethyl adjacent to an activating group) is 1. The van der Waals surface area contributed by atoms with Gasteiger partial charge < -0.3 is 19.9 Å². The molecule has 28 heavy (non-hydrogen) atoms. The number of guanidine groups is 1. The van der Waals surface area contributed by atoms with Gasteiger partial charge in [-0.15, -0.1) is 24.0 Å². The summed E-state index contributed by atoms with van der Waals surface area (Å²) in [5.74, 6) is 1.77. The summed E-state index contributed by atoms with van der Waals surface area (Å²) >= 11 is 0. The van der Waals surface area contributed by atoms with Crippen LogP contribution in [0.2, 0.25) is 0 Å². The van der Waals surface area contributed by atoms with E-state index in [1.807, 2.05) is 0 Å². The van der Waals surface area contributed by atoms with E-state index in [2.05, 4.69) is 15.2 Å². The Morgan fingerprint density at radius 1 is 1.04 bits per heavy atom. The fourth-order valence-electron chi connectivity index (χ4n) is 4.46. The number of halogens is 1. The molecule has 1 aliphatic heterocycles. The predicted molar refractivity (Wildman–Crippen MR) is 124 cm³/mol. The zero-order valence-electron chi connectivity index (χ0n) is 17.7. The first-order chi connectivity index (χ1) is 13.1. The highest BCUT2D eigenvalue weighted by Gasteiger charge is 2.26. The Bertz CT molecular complexity index is 495. The number of amides is 1. The molecule has 7 heteroatoms. The molecule has 6 nitrogen and oxygen atoms in total. The van der Waals surface area contributed by atoms with Gasteiger partial charge in [-0.3, -0.25) is 4.79 Å². The van der Waals surface area contributed by atoms with Gasteiger partial charge in [0.05, 0.1) is 6.10 Å². The standard InChI is InChI=1S/C21H38N4O2.HI/c1-24(2)20(26)15-22-21(23-18-9-5-6-10-18)25-13-11-19(12-14-25)27-16-17-7-3-4-8-17;/h17-19H,3-16H2,1-2H3,(H,22,23);1H. The van der Waals surface area contributed by atoms with Crippen LogP contribution in [0.3, 0.4) is 0 Å². The van der Waals surface area contributed by atoms with E-state index in [4.69, 9.17) is 4.74 Å². The van der Waals surface area contributed by atoms with Gasteiger partial charge in [0.15, 0.2) is 5.96 Å². The maximum atomic E-state index is 12.0. The van der Waals surface area contributed by atoms with Crippen molar-refractivity contribution in [2.24, 2.45) is 10.9 Å². The third-order valence-corrected chi connectivity index (χ3v) is 6.34. The van der Waals surface area contributed by atoms with Gasteiger partial charge in [-0.2, -0.15) is 0 Å². The van der Waals surface area contributed by atoms with E-state index in [0.717, 1.165) is 44.4 Å². The van der Waals surface area contributed by atoms with Crippen LogP contribution in [0.4, 0.5) is 0 Å². The fraction of sp³-hybridized carbons (Fsp3) is 0.905. The van der Waals surface area contributed by atoms with Crippen molar-refractivity contribution >= 4 is 35.8 Å². The average Bonchev–Trinajstić information content (AvgIpc) is 3.37. The molecule has 2 aliphatic carbocycles. The summed E-state index contributed by atoms with van der Waals surface area (Å²) in [4.78, 5) is 20.6. The lowest BCUT2D eigenvalue weighted by molar-refractivity contribution is -0.127. The van der Waals surface area contributed by atoms with Crippen LogP contribution in [0.1, 0.15) is 64.2 Å². The lowest BCUT2D eigenvalue weighted by Gasteiger charge is -2.35. The van der Waals surface area contributed by atoms with Crippen LogP contribution in [-0.4, -0.2) is 74.1 Å². The van der Waals surface area contributed by atoms with Gasteiger partial charge in [0.2, 0.25) is 5.91 Å². The number of hydrogen-bond donors (Lipinski definition) is 1. The number of carbonyl (C=O) groups is 1. The number of piperidine rings is 1. The van der Waals surface area contributed by atoms with Crippen molar-refractivity contribution in [2.75, 3.05) is 40.3 Å². The summed E-state index contributed by atoms with van der Waals surface area (Å²) in [6, 6.07) is 0.509. The Balaban J connectivity index is 0.00000280. The molecule has 1 N–H and O–H groups in total. The Kier molecular flexibility index (Phi) is 10.3. The number of ether oxygens (including phenoxy) is 1. The molecule has 162 valence electrons. The number of nitrogens with one attached hydrogen (secondary N) is 1. The van der Waals surface area contributed by atoms with Crippen molar-refractivity contribution in [1.29, 1.82) is 0 Å². The second-order valence-electron chi connectivity index (χ2n) is 8.72. The second-order valence-corrected chi connectivity index (χ2v) is 8.72. The smallest absolute Gasteiger partial charge is 0.243 e. The maximum Gasteiger partial charge on any atom is 0.243 e. The molecular weight excluding hydrogens is 467 g/mol. The lowest BCUT2D eigenvalue weighted by atomic mass is 10.1. The molecule has 1 saturated heterocycles. The van der Waals surface area contributed by atoms with Gasteiger partial charge >= 0.3 is 0 Å². The number of aliphatic imine (C=N–C) groups is 1. The zero-order valence-corrected chi connectivity index (χ0v) is 20.0. The van der Waals surface area contributed by atoms with E-state index in [1.165, 1.54) is 51.4 Å². The van der Waals surface area contributed by atoms with Gasteiger partial charge in [-0.25, -0.2) is 4.99 Å². The van der Waals surface area contributed by atoms with Gasteiger partial charge in [0.25, 0.3) is 0 Å². The molecule has 0 spiro atoms. The summed E-state index contributed by atoms with van der Waals surface area (Å²) < 4.78 is 6.21. The topological polar surface area (TPSA) is 57.2 Å². The highest BCUT2D eigenvalue weighted by molar-refractivity contribution is 14.0. The molecule has 3 fully saturated rings. The van der Waals surface area contributed by atoms with Gasteiger partial charge in [-0.05, 0) is 44.4 Å². The molecule has 0 radical (unpaired) electrons. The van der Waals surface area contributed by atoms with Crippen LogP contribution < -0.4 is 5.32 Å². The van der Waals surface area contributed by atoms with Gasteiger partial charge in [0, 0.05) is 39.8 Å². The van der Waals surface area contributed by atoms with Crippen molar-refractivity contribution < 1.29 is 9.53 Å². The molecule has 1 amide bonds. The highest BCUT2D eigenvalue weighted by Crippen LogP contribution is 2.26. The Morgan fingerprint density at radius 3 is 2.25 bits per heavy atom. The number of hydrogen-bond acceptors (Lipinski definition) is 3. The zero-order chi connectivity index (χ0) is 19.1. The summed E-state index contributed by atoms with van der Waals surface area (Å²) in [6.45, 7) is 3.09. The molecule has 1 heterocycles. The van der Waals surface area contributed by atoms with Crippen LogP contribution in [-0.2, 0) is 9.53 Å². The van der Waals surface area contributed by atoms with Crippen LogP contribution in [0.15, 0.2) is 4.99 Å². The number of likely N-dealkylation sites (tertiary alicyclic amines) is 1. The molecule has 0 aromatic rings. The second kappa shape index (κ2) is 12.2. The van der Waals surface area contributed by atoms with E-state index in [1.54, 1.807) is 19.0 Å². The Morgan fingerprint density at radius 2 is 1.64 bits per heavy atom. The minimum Gasteiger partial charge on any atom is -0.378 e.